The Morgan fingerprint density at radius 3 is 2.79 bits per heavy atom. The van der Waals surface area contributed by atoms with Crippen molar-refractivity contribution in [1.82, 2.24) is 0 Å². The second-order valence-electron chi connectivity index (χ2n) is 3.36. The van der Waals surface area contributed by atoms with Crippen molar-refractivity contribution >= 4 is 5.78 Å². The number of Topliss-reactive ketones (excluding diaryl/α,β-unsaturated/α-hetero) is 1. The molecule has 0 spiro atoms. The van der Waals surface area contributed by atoms with Crippen LogP contribution in [0.2, 0.25) is 0 Å². The summed E-state index contributed by atoms with van der Waals surface area (Å²) in [6.45, 7) is 3.37. The topological polar surface area (TPSA) is 59.3 Å². The standard InChI is InChI=1S/C10H13NO3/c1-6-4-8(5-11)14-10(13-3)9(6)7(2)12/h4,6,9-10H,1-3H3/t6-,9-,10-/m1/s1. The van der Waals surface area contributed by atoms with E-state index in [4.69, 9.17) is 14.7 Å². The average molecular weight is 195 g/mol. The predicted octanol–water partition coefficient (Wildman–Crippen LogP) is 1.24. The maximum Gasteiger partial charge on any atom is 0.210 e. The quantitative estimate of drug-likeness (QED) is 0.665. The van der Waals surface area contributed by atoms with Gasteiger partial charge in [0.2, 0.25) is 6.29 Å². The number of hydrogen-bond donors (Lipinski definition) is 0. The van der Waals surface area contributed by atoms with Crippen molar-refractivity contribution in [2.24, 2.45) is 11.8 Å². The molecule has 0 N–H and O–H groups in total. The van der Waals surface area contributed by atoms with Crippen molar-refractivity contribution in [3.63, 3.8) is 0 Å². The zero-order valence-electron chi connectivity index (χ0n) is 8.48. The number of methoxy groups -OCH3 is 1. The molecule has 76 valence electrons. The van der Waals surface area contributed by atoms with Gasteiger partial charge in [0.1, 0.15) is 11.9 Å². The van der Waals surface area contributed by atoms with Gasteiger partial charge in [-0.15, -0.1) is 0 Å². The first kappa shape index (κ1) is 10.7. The fourth-order valence-corrected chi connectivity index (χ4v) is 1.65. The number of rotatable bonds is 2. The lowest BCUT2D eigenvalue weighted by Gasteiger charge is -2.31. The predicted molar refractivity (Wildman–Crippen MR) is 48.9 cm³/mol. The van der Waals surface area contributed by atoms with E-state index in [1.54, 1.807) is 6.08 Å². The van der Waals surface area contributed by atoms with E-state index in [1.807, 2.05) is 13.0 Å². The summed E-state index contributed by atoms with van der Waals surface area (Å²) in [5.74, 6) is -0.114. The van der Waals surface area contributed by atoms with E-state index in [2.05, 4.69) is 0 Å². The van der Waals surface area contributed by atoms with Crippen molar-refractivity contribution in [2.75, 3.05) is 7.11 Å². The molecule has 1 heterocycles. The smallest absolute Gasteiger partial charge is 0.210 e. The highest BCUT2D eigenvalue weighted by Gasteiger charge is 2.35. The number of allylic oxidation sites excluding steroid dienone is 2. The molecule has 1 aliphatic rings. The van der Waals surface area contributed by atoms with Crippen LogP contribution in [0.25, 0.3) is 0 Å². The summed E-state index contributed by atoms with van der Waals surface area (Å²) in [5.41, 5.74) is 0. The first-order valence-electron chi connectivity index (χ1n) is 4.42. The van der Waals surface area contributed by atoms with Gasteiger partial charge in [-0.05, 0) is 18.9 Å². The van der Waals surface area contributed by atoms with Crippen LogP contribution in [0.15, 0.2) is 11.8 Å². The highest BCUT2D eigenvalue weighted by Crippen LogP contribution is 2.28. The Bertz CT molecular complexity index is 303. The monoisotopic (exact) mass is 195 g/mol. The molecule has 14 heavy (non-hydrogen) atoms. The number of ether oxygens (including phenoxy) is 2. The van der Waals surface area contributed by atoms with Crippen LogP contribution in [0, 0.1) is 23.2 Å². The van der Waals surface area contributed by atoms with Crippen LogP contribution >= 0.6 is 0 Å². The minimum atomic E-state index is -0.637. The molecule has 0 bridgehead atoms. The van der Waals surface area contributed by atoms with Gasteiger partial charge in [0.05, 0.1) is 5.92 Å². The molecular weight excluding hydrogens is 182 g/mol. The number of carbonyl (C=O) groups excluding carboxylic acids is 1. The Balaban J connectivity index is 2.93. The van der Waals surface area contributed by atoms with Gasteiger partial charge in [0.15, 0.2) is 5.76 Å². The average Bonchev–Trinajstić information content (AvgIpc) is 2.15. The molecule has 1 rings (SSSR count). The van der Waals surface area contributed by atoms with Gasteiger partial charge in [-0.1, -0.05) is 6.92 Å². The Hall–Kier alpha value is -1.34. The van der Waals surface area contributed by atoms with E-state index < -0.39 is 6.29 Å². The van der Waals surface area contributed by atoms with E-state index in [0.29, 0.717) is 0 Å². The van der Waals surface area contributed by atoms with Crippen LogP contribution in [0.5, 0.6) is 0 Å². The van der Waals surface area contributed by atoms with Gasteiger partial charge < -0.3 is 9.47 Å². The summed E-state index contributed by atoms with van der Waals surface area (Å²) >= 11 is 0. The third-order valence-electron chi connectivity index (χ3n) is 2.33. The fourth-order valence-electron chi connectivity index (χ4n) is 1.65. The molecule has 4 nitrogen and oxygen atoms in total. The van der Waals surface area contributed by atoms with Gasteiger partial charge in [0, 0.05) is 7.11 Å². The number of carbonyl (C=O) groups is 1. The molecule has 0 amide bonds. The Morgan fingerprint density at radius 2 is 2.36 bits per heavy atom. The van der Waals surface area contributed by atoms with Gasteiger partial charge in [-0.2, -0.15) is 5.26 Å². The lowest BCUT2D eigenvalue weighted by Crippen LogP contribution is -2.37. The molecule has 1 aliphatic heterocycles. The van der Waals surface area contributed by atoms with Crippen molar-refractivity contribution in [3.05, 3.63) is 11.8 Å². The number of nitrogens with zero attached hydrogens (tertiary/aromatic N) is 1. The molecule has 0 aliphatic carbocycles. The minimum absolute atomic E-state index is 0.0117. The maximum atomic E-state index is 11.3. The zero-order chi connectivity index (χ0) is 10.7. The molecule has 3 atom stereocenters. The van der Waals surface area contributed by atoms with Crippen molar-refractivity contribution in [2.45, 2.75) is 20.1 Å². The summed E-state index contributed by atoms with van der Waals surface area (Å²) in [6, 6.07) is 1.91. The summed E-state index contributed by atoms with van der Waals surface area (Å²) < 4.78 is 10.2. The second kappa shape index (κ2) is 4.25. The van der Waals surface area contributed by atoms with Crippen LogP contribution < -0.4 is 0 Å². The SMILES string of the molecule is CO[C@@H]1OC(C#N)=C[C@@H](C)[C@@H]1C(C)=O. The van der Waals surface area contributed by atoms with Gasteiger partial charge >= 0.3 is 0 Å². The van der Waals surface area contributed by atoms with Gasteiger partial charge in [-0.3, -0.25) is 4.79 Å². The molecular formula is C10H13NO3. The first-order valence-corrected chi connectivity index (χ1v) is 4.42. The summed E-state index contributed by atoms with van der Waals surface area (Å²) in [5, 5.41) is 8.66. The summed E-state index contributed by atoms with van der Waals surface area (Å²) in [7, 11) is 1.47. The molecule has 0 saturated carbocycles. The highest BCUT2D eigenvalue weighted by molar-refractivity contribution is 5.79. The third kappa shape index (κ3) is 1.94. The molecule has 0 aromatic carbocycles. The molecule has 4 heteroatoms. The Kier molecular flexibility index (Phi) is 3.26. The lowest BCUT2D eigenvalue weighted by molar-refractivity contribution is -0.160. The Labute approximate surface area is 83.1 Å². The first-order chi connectivity index (χ1) is 6.60. The lowest BCUT2D eigenvalue weighted by atomic mass is 9.88. The number of ketones is 1. The molecule has 0 unspecified atom stereocenters. The molecule has 0 aromatic rings. The van der Waals surface area contributed by atoms with Gasteiger partial charge in [0.25, 0.3) is 0 Å². The van der Waals surface area contributed by atoms with E-state index >= 15 is 0 Å². The molecule has 0 fully saturated rings. The van der Waals surface area contributed by atoms with Crippen LogP contribution in [0.1, 0.15) is 13.8 Å². The fraction of sp³-hybridized carbons (Fsp3) is 0.600. The van der Waals surface area contributed by atoms with Gasteiger partial charge in [-0.25, -0.2) is 0 Å². The van der Waals surface area contributed by atoms with Crippen molar-refractivity contribution in [3.8, 4) is 6.07 Å². The van der Waals surface area contributed by atoms with E-state index in [9.17, 15) is 4.79 Å². The van der Waals surface area contributed by atoms with Crippen molar-refractivity contribution < 1.29 is 14.3 Å². The van der Waals surface area contributed by atoms with E-state index in [1.165, 1.54) is 14.0 Å². The van der Waals surface area contributed by atoms with E-state index in [-0.39, 0.29) is 23.4 Å². The normalized spacial score (nSPS) is 31.3. The molecule has 0 aromatic heterocycles. The zero-order valence-corrected chi connectivity index (χ0v) is 8.48. The highest BCUT2D eigenvalue weighted by atomic mass is 16.7. The summed E-state index contributed by atoms with van der Waals surface area (Å²) in [6.07, 6.45) is 1.02. The van der Waals surface area contributed by atoms with Crippen LogP contribution in [0.4, 0.5) is 0 Å². The van der Waals surface area contributed by atoms with Crippen LogP contribution in [0.3, 0.4) is 0 Å². The second-order valence-corrected chi connectivity index (χ2v) is 3.36. The van der Waals surface area contributed by atoms with Crippen LogP contribution in [-0.4, -0.2) is 19.2 Å². The minimum Gasteiger partial charge on any atom is -0.454 e. The largest absolute Gasteiger partial charge is 0.454 e. The molecule has 0 saturated heterocycles. The Morgan fingerprint density at radius 1 is 1.71 bits per heavy atom. The van der Waals surface area contributed by atoms with Crippen molar-refractivity contribution in [1.29, 1.82) is 5.26 Å². The van der Waals surface area contributed by atoms with Crippen LogP contribution in [-0.2, 0) is 14.3 Å². The summed E-state index contributed by atoms with van der Waals surface area (Å²) in [4.78, 5) is 11.3. The third-order valence-corrected chi connectivity index (χ3v) is 2.33. The molecule has 0 radical (unpaired) electrons. The number of nitriles is 1. The maximum absolute atomic E-state index is 11.3. The number of hydrogen-bond acceptors (Lipinski definition) is 4. The van der Waals surface area contributed by atoms with E-state index in [0.717, 1.165) is 0 Å².